The second-order valence-electron chi connectivity index (χ2n) is 7.17. The van der Waals surface area contributed by atoms with Crippen molar-refractivity contribution in [3.8, 4) is 5.75 Å². The molecule has 0 bridgehead atoms. The molecule has 1 heterocycles. The molecule has 0 aliphatic carbocycles. The van der Waals surface area contributed by atoms with E-state index in [-0.39, 0.29) is 11.9 Å². The van der Waals surface area contributed by atoms with Crippen molar-refractivity contribution in [2.45, 2.75) is 40.5 Å². The van der Waals surface area contributed by atoms with Gasteiger partial charge in [0, 0.05) is 29.7 Å². The molecule has 4 heteroatoms. The van der Waals surface area contributed by atoms with E-state index in [1.807, 2.05) is 44.2 Å². The summed E-state index contributed by atoms with van der Waals surface area (Å²) in [6.45, 7) is 8.36. The molecule has 0 aliphatic heterocycles. The van der Waals surface area contributed by atoms with Gasteiger partial charge in [-0.25, -0.2) is 4.98 Å². The lowest BCUT2D eigenvalue weighted by molar-refractivity contribution is -0.135. The fourth-order valence-electron chi connectivity index (χ4n) is 2.93. The van der Waals surface area contributed by atoms with Gasteiger partial charge in [0.1, 0.15) is 11.6 Å². The lowest BCUT2D eigenvalue weighted by Gasteiger charge is -2.09. The summed E-state index contributed by atoms with van der Waals surface area (Å²) in [5.74, 6) is 2.17. The molecule has 3 aromatic rings. The molecule has 0 radical (unpaired) electrons. The highest BCUT2D eigenvalue weighted by atomic mass is 16.5. The highest BCUT2D eigenvalue weighted by Crippen LogP contribution is 2.33. The molecule has 0 spiro atoms. The number of aromatic amines is 1. The standard InChI is InChI=1S/C20H24N2O2/c1-12(2)9-18-21-16-11-17(24-19(23)10-13(3)4)14-7-5-6-8-15(14)20(16)22-18/h5-8,11-13H,9-10H2,1-4H3,(H,21,22). The number of nitrogens with one attached hydrogen (secondary N) is 1. The summed E-state index contributed by atoms with van der Waals surface area (Å²) in [4.78, 5) is 20.2. The Kier molecular flexibility index (Phi) is 4.56. The van der Waals surface area contributed by atoms with E-state index in [0.717, 1.165) is 34.1 Å². The third-order valence-corrected chi connectivity index (χ3v) is 3.90. The van der Waals surface area contributed by atoms with Gasteiger partial charge in [0.15, 0.2) is 0 Å². The Balaban J connectivity index is 2.09. The molecule has 126 valence electrons. The van der Waals surface area contributed by atoms with Gasteiger partial charge in [0.05, 0.1) is 11.0 Å². The predicted molar refractivity (Wildman–Crippen MR) is 97.2 cm³/mol. The molecule has 0 unspecified atom stereocenters. The Morgan fingerprint density at radius 1 is 1.12 bits per heavy atom. The number of hydrogen-bond donors (Lipinski definition) is 1. The number of esters is 1. The van der Waals surface area contributed by atoms with E-state index in [1.54, 1.807) is 0 Å². The van der Waals surface area contributed by atoms with Gasteiger partial charge < -0.3 is 9.72 Å². The van der Waals surface area contributed by atoms with Crippen LogP contribution in [-0.2, 0) is 11.2 Å². The Bertz CT molecular complexity index is 878. The maximum Gasteiger partial charge on any atom is 0.311 e. The molecule has 0 fully saturated rings. The summed E-state index contributed by atoms with van der Waals surface area (Å²) in [6.07, 6.45) is 1.30. The average molecular weight is 324 g/mol. The highest BCUT2D eigenvalue weighted by Gasteiger charge is 2.15. The van der Waals surface area contributed by atoms with Crippen molar-refractivity contribution < 1.29 is 9.53 Å². The first-order valence-corrected chi connectivity index (χ1v) is 8.55. The lowest BCUT2D eigenvalue weighted by Crippen LogP contribution is -2.11. The number of ether oxygens (including phenoxy) is 1. The number of carbonyl (C=O) groups excluding carboxylic acids is 1. The van der Waals surface area contributed by atoms with E-state index >= 15 is 0 Å². The second kappa shape index (κ2) is 6.63. The van der Waals surface area contributed by atoms with E-state index in [2.05, 4.69) is 18.8 Å². The van der Waals surface area contributed by atoms with Crippen LogP contribution in [0.4, 0.5) is 0 Å². The molecule has 1 N–H and O–H groups in total. The summed E-state index contributed by atoms with van der Waals surface area (Å²) in [5.41, 5.74) is 1.85. The third-order valence-electron chi connectivity index (χ3n) is 3.90. The topological polar surface area (TPSA) is 55.0 Å². The fraction of sp³-hybridized carbons (Fsp3) is 0.400. The van der Waals surface area contributed by atoms with Crippen LogP contribution in [0.15, 0.2) is 30.3 Å². The smallest absolute Gasteiger partial charge is 0.311 e. The van der Waals surface area contributed by atoms with Crippen LogP contribution >= 0.6 is 0 Å². The van der Waals surface area contributed by atoms with Crippen LogP contribution in [0.25, 0.3) is 21.8 Å². The molecule has 0 amide bonds. The zero-order valence-electron chi connectivity index (χ0n) is 14.7. The predicted octanol–water partition coefficient (Wildman–Crippen LogP) is 4.87. The zero-order valence-corrected chi connectivity index (χ0v) is 14.7. The molecule has 0 saturated carbocycles. The first kappa shape index (κ1) is 16.5. The molecule has 0 atom stereocenters. The third kappa shape index (κ3) is 3.42. The van der Waals surface area contributed by atoms with E-state index in [9.17, 15) is 4.79 Å². The van der Waals surface area contributed by atoms with Gasteiger partial charge in [-0.15, -0.1) is 0 Å². The van der Waals surface area contributed by atoms with Crippen molar-refractivity contribution in [1.82, 2.24) is 9.97 Å². The van der Waals surface area contributed by atoms with E-state index in [0.29, 0.717) is 18.1 Å². The van der Waals surface area contributed by atoms with Gasteiger partial charge >= 0.3 is 5.97 Å². The summed E-state index contributed by atoms with van der Waals surface area (Å²) in [7, 11) is 0. The molecule has 0 saturated heterocycles. The second-order valence-corrected chi connectivity index (χ2v) is 7.17. The lowest BCUT2D eigenvalue weighted by atomic mass is 10.1. The number of aromatic nitrogens is 2. The Hall–Kier alpha value is -2.36. The largest absolute Gasteiger partial charge is 0.426 e. The Morgan fingerprint density at radius 3 is 2.50 bits per heavy atom. The van der Waals surface area contributed by atoms with Crippen LogP contribution in [0, 0.1) is 11.8 Å². The fourth-order valence-corrected chi connectivity index (χ4v) is 2.93. The molecule has 1 aromatic heterocycles. The van der Waals surface area contributed by atoms with Crippen molar-refractivity contribution in [2.75, 3.05) is 0 Å². The number of hydrogen-bond acceptors (Lipinski definition) is 3. The van der Waals surface area contributed by atoms with Gasteiger partial charge in [-0.3, -0.25) is 4.79 Å². The average Bonchev–Trinajstić information content (AvgIpc) is 2.88. The van der Waals surface area contributed by atoms with Gasteiger partial charge in [-0.05, 0) is 11.8 Å². The van der Waals surface area contributed by atoms with Gasteiger partial charge in [-0.1, -0.05) is 52.0 Å². The van der Waals surface area contributed by atoms with Crippen LogP contribution < -0.4 is 4.74 Å². The van der Waals surface area contributed by atoms with Crippen LogP contribution in [0.5, 0.6) is 5.75 Å². The summed E-state index contributed by atoms with van der Waals surface area (Å²) < 4.78 is 5.65. The molecule has 24 heavy (non-hydrogen) atoms. The van der Waals surface area contributed by atoms with Crippen LogP contribution in [0.2, 0.25) is 0 Å². The minimum atomic E-state index is -0.198. The number of nitrogens with zero attached hydrogens (tertiary/aromatic N) is 1. The highest BCUT2D eigenvalue weighted by molar-refractivity contribution is 6.08. The monoisotopic (exact) mass is 324 g/mol. The zero-order chi connectivity index (χ0) is 17.3. The SMILES string of the molecule is CC(C)CC(=O)Oc1cc2[nH]c(CC(C)C)nc2c2ccccc12. The normalized spacial score (nSPS) is 11.8. The Morgan fingerprint density at radius 2 is 1.83 bits per heavy atom. The summed E-state index contributed by atoms with van der Waals surface area (Å²) in [6, 6.07) is 9.83. The molecular formula is C20H24N2O2. The van der Waals surface area contributed by atoms with Gasteiger partial charge in [0.2, 0.25) is 0 Å². The minimum Gasteiger partial charge on any atom is -0.426 e. The molecule has 3 rings (SSSR count). The Labute approximate surface area is 142 Å². The van der Waals surface area contributed by atoms with Crippen LogP contribution in [0.1, 0.15) is 39.9 Å². The number of imidazole rings is 1. The van der Waals surface area contributed by atoms with Crippen molar-refractivity contribution in [3.05, 3.63) is 36.2 Å². The van der Waals surface area contributed by atoms with E-state index < -0.39 is 0 Å². The maximum atomic E-state index is 12.1. The minimum absolute atomic E-state index is 0.198. The molecule has 2 aromatic carbocycles. The van der Waals surface area contributed by atoms with E-state index in [1.165, 1.54) is 0 Å². The van der Waals surface area contributed by atoms with Gasteiger partial charge in [0.25, 0.3) is 0 Å². The van der Waals surface area contributed by atoms with Crippen molar-refractivity contribution in [1.29, 1.82) is 0 Å². The van der Waals surface area contributed by atoms with E-state index in [4.69, 9.17) is 9.72 Å². The number of fused-ring (bicyclic) bond motifs is 3. The summed E-state index contributed by atoms with van der Waals surface area (Å²) >= 11 is 0. The maximum absolute atomic E-state index is 12.1. The number of H-pyrrole nitrogens is 1. The van der Waals surface area contributed by atoms with Crippen molar-refractivity contribution in [2.24, 2.45) is 11.8 Å². The van der Waals surface area contributed by atoms with Crippen LogP contribution in [-0.4, -0.2) is 15.9 Å². The molecule has 4 nitrogen and oxygen atoms in total. The number of carbonyl (C=O) groups is 1. The molecule has 0 aliphatic rings. The number of benzene rings is 2. The first-order valence-electron chi connectivity index (χ1n) is 8.55. The van der Waals surface area contributed by atoms with Gasteiger partial charge in [-0.2, -0.15) is 0 Å². The number of rotatable bonds is 5. The summed E-state index contributed by atoms with van der Waals surface area (Å²) in [5, 5.41) is 1.93. The quantitative estimate of drug-likeness (QED) is 0.538. The van der Waals surface area contributed by atoms with Crippen molar-refractivity contribution >= 4 is 27.8 Å². The molecular weight excluding hydrogens is 300 g/mol. The van der Waals surface area contributed by atoms with Crippen LogP contribution in [0.3, 0.4) is 0 Å². The first-order chi connectivity index (χ1) is 11.4. The van der Waals surface area contributed by atoms with Crippen molar-refractivity contribution in [3.63, 3.8) is 0 Å².